The summed E-state index contributed by atoms with van der Waals surface area (Å²) in [6.45, 7) is 5.99. The monoisotopic (exact) mass is 556 g/mol. The Labute approximate surface area is 230 Å². The van der Waals surface area contributed by atoms with Crippen molar-refractivity contribution in [1.29, 1.82) is 0 Å². The number of nitrogens with one attached hydrogen (secondary N) is 1. The molecule has 0 radical (unpaired) electrons. The minimum absolute atomic E-state index is 0.00979. The molecule has 5 rings (SSSR count). The zero-order chi connectivity index (χ0) is 27.7. The molecule has 3 aromatic rings. The number of carbonyl (C=O) groups is 2. The van der Waals surface area contributed by atoms with Crippen molar-refractivity contribution in [3.8, 4) is 0 Å². The fraction of sp³-hybridized carbons (Fsp3) is 0.379. The van der Waals surface area contributed by atoms with Crippen LogP contribution in [0.25, 0.3) is 0 Å². The Morgan fingerprint density at radius 1 is 1.05 bits per heavy atom. The number of amides is 3. The van der Waals surface area contributed by atoms with Gasteiger partial charge in [-0.1, -0.05) is 35.9 Å². The zero-order valence-corrected chi connectivity index (χ0v) is 22.7. The average molecular weight is 557 g/mol. The quantitative estimate of drug-likeness (QED) is 0.443. The molecule has 10 heteroatoms. The zero-order valence-electron chi connectivity index (χ0n) is 21.9. The Bertz CT molecular complexity index is 1340. The lowest BCUT2D eigenvalue weighted by Crippen LogP contribution is -2.58. The molecule has 2 aliphatic heterocycles. The lowest BCUT2D eigenvalue weighted by Gasteiger charge is -2.41. The van der Waals surface area contributed by atoms with Gasteiger partial charge >= 0.3 is 12.2 Å². The van der Waals surface area contributed by atoms with E-state index in [1.54, 1.807) is 21.1 Å². The van der Waals surface area contributed by atoms with Gasteiger partial charge in [0.25, 0.3) is 0 Å². The lowest BCUT2D eigenvalue weighted by molar-refractivity contribution is -0.137. The van der Waals surface area contributed by atoms with Crippen LogP contribution in [-0.4, -0.2) is 65.4 Å². The van der Waals surface area contributed by atoms with Crippen LogP contribution in [-0.2, 0) is 17.4 Å². The number of benzene rings is 2. The van der Waals surface area contributed by atoms with Crippen molar-refractivity contribution < 1.29 is 22.8 Å². The molecule has 2 aromatic carbocycles. The van der Waals surface area contributed by atoms with Crippen molar-refractivity contribution in [1.82, 2.24) is 14.7 Å². The van der Waals surface area contributed by atoms with Gasteiger partial charge in [-0.3, -0.25) is 9.69 Å². The van der Waals surface area contributed by atoms with Gasteiger partial charge in [-0.05, 0) is 61.0 Å². The molecule has 0 saturated carbocycles. The third-order valence-electron chi connectivity index (χ3n) is 7.48. The van der Waals surface area contributed by atoms with Crippen LogP contribution in [0.5, 0.6) is 0 Å². The summed E-state index contributed by atoms with van der Waals surface area (Å²) in [7, 11) is 0. The van der Waals surface area contributed by atoms with Gasteiger partial charge in [0.1, 0.15) is 0 Å². The van der Waals surface area contributed by atoms with Crippen LogP contribution in [0.1, 0.15) is 40.1 Å². The smallest absolute Gasteiger partial charge is 0.338 e. The number of aryl methyl sites for hydroxylation is 1. The molecule has 39 heavy (non-hydrogen) atoms. The van der Waals surface area contributed by atoms with Gasteiger partial charge in [0, 0.05) is 42.8 Å². The van der Waals surface area contributed by atoms with E-state index < -0.39 is 17.8 Å². The molecule has 6 nitrogen and oxygen atoms in total. The minimum atomic E-state index is -4.49. The maximum absolute atomic E-state index is 13.5. The number of anilines is 1. The molecule has 2 unspecified atom stereocenters. The van der Waals surface area contributed by atoms with Gasteiger partial charge in [0.05, 0.1) is 18.2 Å². The number of alkyl halides is 3. The van der Waals surface area contributed by atoms with Crippen LogP contribution < -0.4 is 5.32 Å². The number of nitrogens with zero attached hydrogens (tertiary/aromatic N) is 3. The molecule has 0 aliphatic carbocycles. The molecule has 1 fully saturated rings. The molecule has 1 aromatic heterocycles. The van der Waals surface area contributed by atoms with Crippen LogP contribution in [0.15, 0.2) is 60.0 Å². The third kappa shape index (κ3) is 5.96. The Morgan fingerprint density at radius 2 is 1.82 bits per heavy atom. The number of thiophene rings is 1. The highest BCUT2D eigenvalue weighted by Crippen LogP contribution is 2.38. The summed E-state index contributed by atoms with van der Waals surface area (Å²) in [6, 6.07) is 14.5. The van der Waals surface area contributed by atoms with Crippen LogP contribution in [0.3, 0.4) is 0 Å². The van der Waals surface area contributed by atoms with Crippen molar-refractivity contribution in [2.45, 2.75) is 38.5 Å². The topological polar surface area (TPSA) is 55.9 Å². The summed E-state index contributed by atoms with van der Waals surface area (Å²) in [5.41, 5.74) is 2.87. The average Bonchev–Trinajstić information content (AvgIpc) is 3.38. The molecule has 2 aliphatic rings. The summed E-state index contributed by atoms with van der Waals surface area (Å²) in [4.78, 5) is 33.3. The highest BCUT2D eigenvalue weighted by molar-refractivity contribution is 7.10. The Hall–Kier alpha value is -3.37. The van der Waals surface area contributed by atoms with Crippen molar-refractivity contribution >= 4 is 29.0 Å². The molecular formula is C29H31F3N4O2S. The van der Waals surface area contributed by atoms with Crippen LogP contribution in [0, 0.1) is 6.92 Å². The number of hydrogen-bond acceptors (Lipinski definition) is 4. The molecule has 1 N–H and O–H groups in total. The number of piperazine rings is 1. The number of urea groups is 1. The minimum Gasteiger partial charge on any atom is -0.338 e. The molecule has 0 spiro atoms. The van der Waals surface area contributed by atoms with E-state index in [1.807, 2.05) is 6.92 Å². The van der Waals surface area contributed by atoms with Crippen LogP contribution >= 0.6 is 11.3 Å². The van der Waals surface area contributed by atoms with E-state index in [9.17, 15) is 22.8 Å². The maximum Gasteiger partial charge on any atom is 0.416 e. The predicted octanol–water partition coefficient (Wildman–Crippen LogP) is 5.79. The first-order valence-corrected chi connectivity index (χ1v) is 13.9. The van der Waals surface area contributed by atoms with E-state index in [4.69, 9.17) is 0 Å². The molecule has 0 bridgehead atoms. The first-order chi connectivity index (χ1) is 18.6. The summed E-state index contributed by atoms with van der Waals surface area (Å²) < 4.78 is 39.1. The maximum atomic E-state index is 13.5. The molecule has 2 atom stereocenters. The number of hydrogen-bond donors (Lipinski definition) is 1. The number of carbonyl (C=O) groups excluding carboxylic acids is 2. The van der Waals surface area contributed by atoms with Crippen LogP contribution in [0.2, 0.25) is 0 Å². The molecule has 3 heterocycles. The summed E-state index contributed by atoms with van der Waals surface area (Å²) in [6.07, 6.45) is -3.58. The number of rotatable bonds is 4. The highest BCUT2D eigenvalue weighted by Gasteiger charge is 2.35. The van der Waals surface area contributed by atoms with Crippen molar-refractivity contribution in [3.05, 3.63) is 87.1 Å². The van der Waals surface area contributed by atoms with Crippen molar-refractivity contribution in [3.63, 3.8) is 0 Å². The molecule has 206 valence electrons. The molecule has 3 amide bonds. The summed E-state index contributed by atoms with van der Waals surface area (Å²) in [5.74, 6) is 0.00979. The van der Waals surface area contributed by atoms with E-state index in [2.05, 4.69) is 52.9 Å². The fourth-order valence-corrected chi connectivity index (χ4v) is 6.31. The standard InChI is InChI=1S/C29H31F3N4O2S/c1-19-6-8-21(9-7-19)27-24-11-15-39-25(24)10-12-35(27)18-26(37)34-13-14-36(20(2)17-34)28(38)33-23-5-3-4-22(16-23)29(30,31)32/h3-9,11,15-16,20,27H,10,12-14,17-18H2,1-2H3,(H,33,38). The van der Waals surface area contributed by atoms with Gasteiger partial charge < -0.3 is 15.1 Å². The second-order valence-corrected chi connectivity index (χ2v) is 11.2. The Morgan fingerprint density at radius 3 is 2.54 bits per heavy atom. The van der Waals surface area contributed by atoms with Crippen molar-refractivity contribution in [2.24, 2.45) is 0 Å². The van der Waals surface area contributed by atoms with Crippen LogP contribution in [0.4, 0.5) is 23.7 Å². The van der Waals surface area contributed by atoms with Gasteiger partial charge in [0.15, 0.2) is 0 Å². The number of halogens is 3. The van der Waals surface area contributed by atoms with E-state index in [0.717, 1.165) is 30.7 Å². The first kappa shape index (κ1) is 27.2. The van der Waals surface area contributed by atoms with E-state index >= 15 is 0 Å². The van der Waals surface area contributed by atoms with E-state index in [-0.39, 0.29) is 30.2 Å². The third-order valence-corrected chi connectivity index (χ3v) is 8.48. The van der Waals surface area contributed by atoms with Gasteiger partial charge in [0.2, 0.25) is 5.91 Å². The highest BCUT2D eigenvalue weighted by atomic mass is 32.1. The predicted molar refractivity (Wildman–Crippen MR) is 146 cm³/mol. The SMILES string of the molecule is Cc1ccc(C2c3ccsc3CCN2CC(=O)N2CCN(C(=O)Nc3cccc(C(F)(F)F)c3)C(C)C2)cc1. The van der Waals surface area contributed by atoms with Crippen molar-refractivity contribution in [2.75, 3.05) is 38.0 Å². The summed E-state index contributed by atoms with van der Waals surface area (Å²) in [5, 5.41) is 4.69. The normalized spacial score (nSPS) is 20.0. The van der Waals surface area contributed by atoms with E-state index in [0.29, 0.717) is 19.6 Å². The van der Waals surface area contributed by atoms with Gasteiger partial charge in [-0.25, -0.2) is 4.79 Å². The Balaban J connectivity index is 1.22. The van der Waals surface area contributed by atoms with Gasteiger partial charge in [-0.15, -0.1) is 11.3 Å². The lowest BCUT2D eigenvalue weighted by atomic mass is 9.92. The molecule has 1 saturated heterocycles. The first-order valence-electron chi connectivity index (χ1n) is 13.0. The summed E-state index contributed by atoms with van der Waals surface area (Å²) >= 11 is 1.76. The second-order valence-electron chi connectivity index (χ2n) is 10.2. The molecular weight excluding hydrogens is 525 g/mol. The Kier molecular flexibility index (Phi) is 7.68. The number of fused-ring (bicyclic) bond motifs is 1. The van der Waals surface area contributed by atoms with Gasteiger partial charge in [-0.2, -0.15) is 13.2 Å². The fourth-order valence-electron chi connectivity index (χ4n) is 5.41. The van der Waals surface area contributed by atoms with E-state index in [1.165, 1.54) is 28.1 Å². The largest absolute Gasteiger partial charge is 0.416 e. The second kappa shape index (κ2) is 11.0.